The van der Waals surface area contributed by atoms with Crippen LogP contribution in [0.15, 0.2) is 18.3 Å². The second kappa shape index (κ2) is 9.35. The van der Waals surface area contributed by atoms with Crippen molar-refractivity contribution in [2.24, 2.45) is 0 Å². The fourth-order valence-electron chi connectivity index (χ4n) is 3.45. The lowest BCUT2D eigenvalue weighted by Crippen LogP contribution is -3.14. The van der Waals surface area contributed by atoms with Crippen molar-refractivity contribution >= 4 is 34.2 Å². The molecule has 27 heavy (non-hydrogen) atoms. The minimum Gasteiger partial charge on any atom is -0.462 e. The second-order valence-corrected chi connectivity index (χ2v) is 7.22. The van der Waals surface area contributed by atoms with E-state index in [1.165, 1.54) is 0 Å². The van der Waals surface area contributed by atoms with Gasteiger partial charge in [0.05, 0.1) is 37.6 Å². The van der Waals surface area contributed by atoms with Crippen LogP contribution in [0.2, 0.25) is 5.02 Å². The number of pyridine rings is 1. The first-order chi connectivity index (χ1) is 13.1. The van der Waals surface area contributed by atoms with Crippen LogP contribution in [0.4, 0.5) is 5.69 Å². The first-order valence-corrected chi connectivity index (χ1v) is 9.89. The molecule has 1 aliphatic rings. The summed E-state index contributed by atoms with van der Waals surface area (Å²) in [5.41, 5.74) is 3.02. The van der Waals surface area contributed by atoms with Crippen molar-refractivity contribution in [2.75, 3.05) is 51.3 Å². The Bertz CT molecular complexity index is 807. The molecule has 7 heteroatoms. The van der Waals surface area contributed by atoms with Crippen molar-refractivity contribution in [3.8, 4) is 0 Å². The van der Waals surface area contributed by atoms with Gasteiger partial charge in [-0.2, -0.15) is 0 Å². The van der Waals surface area contributed by atoms with Gasteiger partial charge < -0.3 is 19.7 Å². The van der Waals surface area contributed by atoms with E-state index in [-0.39, 0.29) is 5.97 Å². The number of fused-ring (bicyclic) bond motifs is 1. The smallest absolute Gasteiger partial charge is 0.341 e. The molecule has 2 aromatic rings. The molecule has 0 spiro atoms. The Labute approximate surface area is 164 Å². The topological polar surface area (TPSA) is 64.9 Å². The van der Waals surface area contributed by atoms with E-state index in [1.54, 1.807) is 18.0 Å². The molecular formula is C20H27ClN3O3+. The molecule has 0 atom stereocenters. The number of benzene rings is 1. The van der Waals surface area contributed by atoms with Crippen molar-refractivity contribution in [2.45, 2.75) is 20.3 Å². The van der Waals surface area contributed by atoms with E-state index in [4.69, 9.17) is 21.1 Å². The Kier molecular flexibility index (Phi) is 6.88. The molecule has 1 aliphatic heterocycles. The van der Waals surface area contributed by atoms with E-state index >= 15 is 0 Å². The van der Waals surface area contributed by atoms with Gasteiger partial charge in [0.25, 0.3) is 0 Å². The highest BCUT2D eigenvalue weighted by Crippen LogP contribution is 2.31. The monoisotopic (exact) mass is 392 g/mol. The molecule has 0 radical (unpaired) electrons. The van der Waals surface area contributed by atoms with Crippen LogP contribution in [0.25, 0.3) is 10.9 Å². The molecule has 146 valence electrons. The number of nitrogens with one attached hydrogen (secondary N) is 2. The lowest BCUT2D eigenvalue weighted by atomic mass is 10.1. The van der Waals surface area contributed by atoms with Gasteiger partial charge >= 0.3 is 5.97 Å². The van der Waals surface area contributed by atoms with Crippen LogP contribution < -0.4 is 10.2 Å². The number of ether oxygens (including phenoxy) is 2. The molecule has 1 fully saturated rings. The van der Waals surface area contributed by atoms with Crippen molar-refractivity contribution in [3.05, 3.63) is 34.5 Å². The van der Waals surface area contributed by atoms with Crippen LogP contribution >= 0.6 is 11.6 Å². The lowest BCUT2D eigenvalue weighted by Gasteiger charge is -2.24. The van der Waals surface area contributed by atoms with Gasteiger partial charge in [-0.3, -0.25) is 4.98 Å². The molecule has 6 nitrogen and oxygen atoms in total. The highest BCUT2D eigenvalue weighted by molar-refractivity contribution is 6.31. The van der Waals surface area contributed by atoms with Gasteiger partial charge in [0.2, 0.25) is 0 Å². The number of carbonyl (C=O) groups excluding carboxylic acids is 1. The maximum absolute atomic E-state index is 12.4. The number of quaternary nitrogens is 1. The predicted molar refractivity (Wildman–Crippen MR) is 107 cm³/mol. The van der Waals surface area contributed by atoms with Crippen molar-refractivity contribution < 1.29 is 19.2 Å². The van der Waals surface area contributed by atoms with E-state index in [0.717, 1.165) is 68.0 Å². The normalized spacial score (nSPS) is 15.1. The summed E-state index contributed by atoms with van der Waals surface area (Å²) in [6.45, 7) is 9.72. The third kappa shape index (κ3) is 4.89. The average Bonchev–Trinajstić information content (AvgIpc) is 2.66. The lowest BCUT2D eigenvalue weighted by molar-refractivity contribution is -0.908. The predicted octanol–water partition coefficient (Wildman–Crippen LogP) is 2.09. The molecule has 2 heterocycles. The number of carbonyl (C=O) groups is 1. The van der Waals surface area contributed by atoms with Crippen LogP contribution in [0, 0.1) is 6.92 Å². The summed E-state index contributed by atoms with van der Waals surface area (Å²) in [6, 6.07) is 3.74. The minimum atomic E-state index is -0.370. The standard InChI is InChI=1S/C20H26ClN3O3/c1-3-27-20(25)17-13-23-18-14(2)11-15(21)12-16(18)19(17)22-5-4-6-24-7-9-26-10-8-24/h11-13H,3-10H2,1-2H3,(H,22,23)/p+1. The number of morpholine rings is 1. The summed E-state index contributed by atoms with van der Waals surface area (Å²) in [5, 5.41) is 4.93. The van der Waals surface area contributed by atoms with Crippen LogP contribution in [0.5, 0.6) is 0 Å². The Morgan fingerprint density at radius 2 is 2.15 bits per heavy atom. The number of hydrogen-bond donors (Lipinski definition) is 2. The van der Waals surface area contributed by atoms with E-state index in [2.05, 4.69) is 10.3 Å². The number of rotatable bonds is 7. The number of nitrogens with zero attached hydrogens (tertiary/aromatic N) is 1. The molecule has 0 bridgehead atoms. The van der Waals surface area contributed by atoms with Gasteiger partial charge in [0.15, 0.2) is 0 Å². The van der Waals surface area contributed by atoms with Gasteiger partial charge in [-0.25, -0.2) is 4.79 Å². The van der Waals surface area contributed by atoms with E-state index in [0.29, 0.717) is 17.2 Å². The van der Waals surface area contributed by atoms with Crippen LogP contribution in [-0.2, 0) is 9.47 Å². The summed E-state index contributed by atoms with van der Waals surface area (Å²) < 4.78 is 10.6. The van der Waals surface area contributed by atoms with E-state index in [1.807, 2.05) is 19.1 Å². The SMILES string of the molecule is CCOC(=O)c1cnc2c(C)cc(Cl)cc2c1NCCC[NH+]1CCOCC1. The second-order valence-electron chi connectivity index (χ2n) is 6.78. The molecule has 0 unspecified atom stereocenters. The van der Waals surface area contributed by atoms with Gasteiger partial charge in [-0.15, -0.1) is 0 Å². The zero-order chi connectivity index (χ0) is 19.2. The van der Waals surface area contributed by atoms with E-state index < -0.39 is 0 Å². The fraction of sp³-hybridized carbons (Fsp3) is 0.500. The largest absolute Gasteiger partial charge is 0.462 e. The van der Waals surface area contributed by atoms with Crippen molar-refractivity contribution in [1.82, 2.24) is 4.98 Å². The first-order valence-electron chi connectivity index (χ1n) is 9.51. The Morgan fingerprint density at radius 3 is 2.89 bits per heavy atom. The van der Waals surface area contributed by atoms with Crippen molar-refractivity contribution in [1.29, 1.82) is 0 Å². The average molecular weight is 393 g/mol. The van der Waals surface area contributed by atoms with Gasteiger partial charge in [0.1, 0.15) is 18.7 Å². The molecule has 2 N–H and O–H groups in total. The Hall–Kier alpha value is -1.89. The summed E-state index contributed by atoms with van der Waals surface area (Å²) in [7, 11) is 0. The van der Waals surface area contributed by atoms with Crippen LogP contribution in [0.1, 0.15) is 29.3 Å². The maximum Gasteiger partial charge on any atom is 0.341 e. The number of anilines is 1. The van der Waals surface area contributed by atoms with Gasteiger partial charge in [-0.1, -0.05) is 11.6 Å². The van der Waals surface area contributed by atoms with Crippen LogP contribution in [0.3, 0.4) is 0 Å². The number of halogens is 1. The highest BCUT2D eigenvalue weighted by Gasteiger charge is 2.18. The molecule has 3 rings (SSSR count). The molecule has 0 aliphatic carbocycles. The van der Waals surface area contributed by atoms with Crippen LogP contribution in [-0.4, -0.2) is 57.0 Å². The number of aryl methyl sites for hydroxylation is 1. The quantitative estimate of drug-likeness (QED) is 0.558. The molecule has 0 amide bonds. The molecule has 1 saturated heterocycles. The molecule has 0 saturated carbocycles. The Morgan fingerprint density at radius 1 is 1.37 bits per heavy atom. The number of hydrogen-bond acceptors (Lipinski definition) is 5. The highest BCUT2D eigenvalue weighted by atomic mass is 35.5. The zero-order valence-corrected chi connectivity index (χ0v) is 16.7. The van der Waals surface area contributed by atoms with E-state index in [9.17, 15) is 4.79 Å². The number of aromatic nitrogens is 1. The number of esters is 1. The summed E-state index contributed by atoms with van der Waals surface area (Å²) >= 11 is 6.26. The maximum atomic E-state index is 12.4. The minimum absolute atomic E-state index is 0.325. The fourth-order valence-corrected chi connectivity index (χ4v) is 3.72. The first kappa shape index (κ1) is 19.9. The summed E-state index contributed by atoms with van der Waals surface area (Å²) in [6.07, 6.45) is 2.59. The third-order valence-corrected chi connectivity index (χ3v) is 5.05. The molecule has 1 aromatic heterocycles. The van der Waals surface area contributed by atoms with Gasteiger partial charge in [-0.05, 0) is 31.5 Å². The molecule has 1 aromatic carbocycles. The Balaban J connectivity index is 1.81. The summed E-state index contributed by atoms with van der Waals surface area (Å²) in [4.78, 5) is 18.4. The van der Waals surface area contributed by atoms with Crippen molar-refractivity contribution in [3.63, 3.8) is 0 Å². The molecular weight excluding hydrogens is 366 g/mol. The third-order valence-electron chi connectivity index (χ3n) is 4.83. The zero-order valence-electron chi connectivity index (χ0n) is 15.9. The van der Waals surface area contributed by atoms with Gasteiger partial charge in [0, 0.05) is 29.6 Å². The summed E-state index contributed by atoms with van der Waals surface area (Å²) in [5.74, 6) is -0.370.